The summed E-state index contributed by atoms with van der Waals surface area (Å²) in [6, 6.07) is 10.6. The van der Waals surface area contributed by atoms with Crippen LogP contribution in [-0.4, -0.2) is 24.4 Å². The molecular weight excluding hydrogens is 287 g/mol. The van der Waals surface area contributed by atoms with Crippen molar-refractivity contribution in [1.82, 2.24) is 10.2 Å². The Morgan fingerprint density at radius 1 is 1.33 bits per heavy atom. The van der Waals surface area contributed by atoms with Crippen molar-refractivity contribution < 1.29 is 9.18 Å². The Hall–Kier alpha value is -1.72. The normalized spacial score (nSPS) is 12.4. The topological polar surface area (TPSA) is 32.3 Å². The lowest BCUT2D eigenvalue weighted by Crippen LogP contribution is -2.36. The van der Waals surface area contributed by atoms with Gasteiger partial charge in [0.25, 0.3) is 0 Å². The van der Waals surface area contributed by atoms with Crippen LogP contribution in [0.25, 0.3) is 0 Å². The summed E-state index contributed by atoms with van der Waals surface area (Å²) in [6.45, 7) is 2.61. The van der Waals surface area contributed by atoms with Crippen molar-refractivity contribution in [3.05, 3.63) is 58.0 Å². The van der Waals surface area contributed by atoms with Crippen LogP contribution in [0.2, 0.25) is 0 Å². The zero-order valence-corrected chi connectivity index (χ0v) is 13.0. The summed E-state index contributed by atoms with van der Waals surface area (Å²) in [7, 11) is 1.81. The molecule has 1 amide bonds. The van der Waals surface area contributed by atoms with Crippen molar-refractivity contribution in [2.45, 2.75) is 19.5 Å². The smallest absolute Gasteiger partial charge is 0.234 e. The van der Waals surface area contributed by atoms with Crippen molar-refractivity contribution in [3.63, 3.8) is 0 Å². The zero-order chi connectivity index (χ0) is 15.2. The third-order valence-electron chi connectivity index (χ3n) is 3.16. The molecule has 5 heteroatoms. The van der Waals surface area contributed by atoms with Gasteiger partial charge in [0.15, 0.2) is 0 Å². The van der Waals surface area contributed by atoms with Gasteiger partial charge in [0.05, 0.1) is 12.6 Å². The largest absolute Gasteiger partial charge is 0.348 e. The summed E-state index contributed by atoms with van der Waals surface area (Å²) in [5.41, 5.74) is 0.596. The number of halogens is 1. The van der Waals surface area contributed by atoms with Crippen molar-refractivity contribution in [1.29, 1.82) is 0 Å². The third kappa shape index (κ3) is 4.65. The maximum Gasteiger partial charge on any atom is 0.234 e. The van der Waals surface area contributed by atoms with Crippen LogP contribution in [0.3, 0.4) is 0 Å². The summed E-state index contributed by atoms with van der Waals surface area (Å²) in [5, 5.41) is 4.94. The fraction of sp³-hybridized carbons (Fsp3) is 0.312. The summed E-state index contributed by atoms with van der Waals surface area (Å²) in [4.78, 5) is 14.9. The van der Waals surface area contributed by atoms with E-state index in [2.05, 4.69) is 5.32 Å². The first kappa shape index (κ1) is 15.7. The molecule has 1 heterocycles. The van der Waals surface area contributed by atoms with E-state index in [4.69, 9.17) is 0 Å². The number of nitrogens with one attached hydrogen (secondary N) is 1. The van der Waals surface area contributed by atoms with E-state index in [1.807, 2.05) is 31.5 Å². The SMILES string of the molecule is CC(NC(=O)CN(C)Cc1ccccc1F)c1cccs1. The number of thiophene rings is 1. The molecule has 0 bridgehead atoms. The number of benzene rings is 1. The number of nitrogens with zero attached hydrogens (tertiary/aromatic N) is 1. The standard InChI is InChI=1S/C16H19FN2OS/c1-12(15-8-5-9-21-15)18-16(20)11-19(2)10-13-6-3-4-7-14(13)17/h3-9,12H,10-11H2,1-2H3,(H,18,20). The van der Waals surface area contributed by atoms with E-state index < -0.39 is 0 Å². The summed E-state index contributed by atoms with van der Waals surface area (Å²) >= 11 is 1.62. The van der Waals surface area contributed by atoms with Crippen molar-refractivity contribution in [2.75, 3.05) is 13.6 Å². The molecule has 1 unspecified atom stereocenters. The highest BCUT2D eigenvalue weighted by molar-refractivity contribution is 7.10. The van der Waals surface area contributed by atoms with Gasteiger partial charge in [-0.15, -0.1) is 11.3 Å². The number of carbonyl (C=O) groups excluding carboxylic acids is 1. The van der Waals surface area contributed by atoms with Crippen LogP contribution in [-0.2, 0) is 11.3 Å². The molecule has 0 radical (unpaired) electrons. The Bertz CT molecular complexity index is 586. The lowest BCUT2D eigenvalue weighted by atomic mass is 10.2. The molecule has 21 heavy (non-hydrogen) atoms. The van der Waals surface area contributed by atoms with E-state index in [1.165, 1.54) is 6.07 Å². The van der Waals surface area contributed by atoms with Gasteiger partial charge in [-0.2, -0.15) is 0 Å². The molecule has 0 spiro atoms. The number of amides is 1. The predicted molar refractivity (Wildman–Crippen MR) is 83.6 cm³/mol. The van der Waals surface area contributed by atoms with Crippen LogP contribution in [0.15, 0.2) is 41.8 Å². The van der Waals surface area contributed by atoms with E-state index >= 15 is 0 Å². The molecule has 0 aliphatic heterocycles. The van der Waals surface area contributed by atoms with Crippen LogP contribution in [0.5, 0.6) is 0 Å². The first-order valence-electron chi connectivity index (χ1n) is 6.81. The van der Waals surface area contributed by atoms with Gasteiger partial charge < -0.3 is 5.32 Å². The molecule has 3 nitrogen and oxygen atoms in total. The van der Waals surface area contributed by atoms with Crippen LogP contribution in [0, 0.1) is 5.82 Å². The third-order valence-corrected chi connectivity index (χ3v) is 4.21. The molecule has 112 valence electrons. The van der Waals surface area contributed by atoms with E-state index in [1.54, 1.807) is 34.4 Å². The minimum atomic E-state index is -0.239. The van der Waals surface area contributed by atoms with Gasteiger partial charge in [-0.25, -0.2) is 4.39 Å². The van der Waals surface area contributed by atoms with Crippen LogP contribution in [0.1, 0.15) is 23.4 Å². The fourth-order valence-electron chi connectivity index (χ4n) is 2.11. The molecule has 2 rings (SSSR count). The monoisotopic (exact) mass is 306 g/mol. The molecule has 0 saturated heterocycles. The molecule has 1 N–H and O–H groups in total. The molecule has 0 fully saturated rings. The van der Waals surface area contributed by atoms with Gasteiger partial charge in [-0.1, -0.05) is 24.3 Å². The first-order valence-corrected chi connectivity index (χ1v) is 7.69. The average molecular weight is 306 g/mol. The summed E-state index contributed by atoms with van der Waals surface area (Å²) in [5.74, 6) is -0.300. The number of carbonyl (C=O) groups is 1. The van der Waals surface area contributed by atoms with E-state index in [0.29, 0.717) is 12.1 Å². The van der Waals surface area contributed by atoms with Gasteiger partial charge in [-0.3, -0.25) is 9.69 Å². The Labute approximate surface area is 128 Å². The highest BCUT2D eigenvalue weighted by Gasteiger charge is 2.13. The lowest BCUT2D eigenvalue weighted by molar-refractivity contribution is -0.122. The second kappa shape index (κ2) is 7.33. The average Bonchev–Trinajstić information content (AvgIpc) is 2.95. The van der Waals surface area contributed by atoms with E-state index in [9.17, 15) is 9.18 Å². The second-order valence-electron chi connectivity index (χ2n) is 5.07. The van der Waals surface area contributed by atoms with Crippen molar-refractivity contribution in [3.8, 4) is 0 Å². The molecule has 1 atom stereocenters. The fourth-order valence-corrected chi connectivity index (χ4v) is 2.85. The number of rotatable bonds is 6. The molecule has 0 saturated carbocycles. The Kier molecular flexibility index (Phi) is 5.47. The molecule has 2 aromatic rings. The van der Waals surface area contributed by atoms with Crippen molar-refractivity contribution in [2.24, 2.45) is 0 Å². The van der Waals surface area contributed by atoms with Crippen molar-refractivity contribution >= 4 is 17.2 Å². The van der Waals surface area contributed by atoms with E-state index in [-0.39, 0.29) is 24.3 Å². The van der Waals surface area contributed by atoms with Crippen LogP contribution in [0.4, 0.5) is 4.39 Å². The van der Waals surface area contributed by atoms with Gasteiger partial charge in [-0.05, 0) is 31.5 Å². The minimum absolute atomic E-state index is 0.000591. The highest BCUT2D eigenvalue weighted by Crippen LogP contribution is 2.17. The molecule has 0 aliphatic carbocycles. The van der Waals surface area contributed by atoms with Gasteiger partial charge in [0.1, 0.15) is 5.82 Å². The molecular formula is C16H19FN2OS. The first-order chi connectivity index (χ1) is 10.1. The van der Waals surface area contributed by atoms with Crippen LogP contribution >= 0.6 is 11.3 Å². The Morgan fingerprint density at radius 2 is 2.10 bits per heavy atom. The summed E-state index contributed by atoms with van der Waals surface area (Å²) in [6.07, 6.45) is 0. The second-order valence-corrected chi connectivity index (χ2v) is 6.05. The Balaban J connectivity index is 1.83. The van der Waals surface area contributed by atoms with Gasteiger partial charge in [0.2, 0.25) is 5.91 Å². The van der Waals surface area contributed by atoms with Crippen LogP contribution < -0.4 is 5.32 Å². The number of hydrogen-bond donors (Lipinski definition) is 1. The lowest BCUT2D eigenvalue weighted by Gasteiger charge is -2.18. The quantitative estimate of drug-likeness (QED) is 0.889. The Morgan fingerprint density at radius 3 is 2.76 bits per heavy atom. The number of likely N-dealkylation sites (N-methyl/N-ethyl adjacent to an activating group) is 1. The maximum absolute atomic E-state index is 13.6. The highest BCUT2D eigenvalue weighted by atomic mass is 32.1. The number of hydrogen-bond acceptors (Lipinski definition) is 3. The van der Waals surface area contributed by atoms with Gasteiger partial charge in [0, 0.05) is 17.0 Å². The maximum atomic E-state index is 13.6. The van der Waals surface area contributed by atoms with Gasteiger partial charge >= 0.3 is 0 Å². The summed E-state index contributed by atoms with van der Waals surface area (Å²) < 4.78 is 13.6. The minimum Gasteiger partial charge on any atom is -0.348 e. The molecule has 1 aromatic carbocycles. The van der Waals surface area contributed by atoms with E-state index in [0.717, 1.165) is 4.88 Å². The molecule has 0 aliphatic rings. The predicted octanol–water partition coefficient (Wildman–Crippen LogP) is 3.20. The zero-order valence-electron chi connectivity index (χ0n) is 12.2. The molecule has 1 aromatic heterocycles.